The van der Waals surface area contributed by atoms with Gasteiger partial charge in [-0.25, -0.2) is 9.67 Å². The van der Waals surface area contributed by atoms with Gasteiger partial charge in [0.1, 0.15) is 5.69 Å². The van der Waals surface area contributed by atoms with Gasteiger partial charge in [-0.2, -0.15) is 5.10 Å². The van der Waals surface area contributed by atoms with E-state index < -0.39 is 11.8 Å². The highest BCUT2D eigenvalue weighted by molar-refractivity contribution is 6.32. The second-order valence-electron chi connectivity index (χ2n) is 6.10. The van der Waals surface area contributed by atoms with Crippen molar-refractivity contribution in [3.8, 4) is 0 Å². The molecule has 0 atom stereocenters. The van der Waals surface area contributed by atoms with Gasteiger partial charge in [-0.15, -0.1) is 0 Å². The van der Waals surface area contributed by atoms with Crippen LogP contribution in [0.1, 0.15) is 40.3 Å². The van der Waals surface area contributed by atoms with Crippen molar-refractivity contribution in [1.82, 2.24) is 15.1 Å². The van der Waals surface area contributed by atoms with Gasteiger partial charge in [-0.3, -0.25) is 9.59 Å². The van der Waals surface area contributed by atoms with E-state index in [0.29, 0.717) is 21.3 Å². The number of anilines is 1. The second kappa shape index (κ2) is 10.4. The van der Waals surface area contributed by atoms with Crippen LogP contribution in [0.3, 0.4) is 0 Å². The predicted molar refractivity (Wildman–Crippen MR) is 123 cm³/mol. The summed E-state index contributed by atoms with van der Waals surface area (Å²) in [6.07, 6.45) is 5.01. The number of nitrogens with zero attached hydrogens (tertiary/aromatic N) is 3. The van der Waals surface area contributed by atoms with Crippen molar-refractivity contribution >= 4 is 64.3 Å². The highest BCUT2D eigenvalue weighted by Gasteiger charge is 2.22. The van der Waals surface area contributed by atoms with Crippen molar-refractivity contribution < 1.29 is 9.59 Å². The minimum Gasteiger partial charge on any atom is -0.355 e. The van der Waals surface area contributed by atoms with E-state index in [0.717, 1.165) is 0 Å². The number of rotatable bonds is 6. The van der Waals surface area contributed by atoms with E-state index >= 15 is 0 Å². The van der Waals surface area contributed by atoms with Gasteiger partial charge in [0.2, 0.25) is 0 Å². The van der Waals surface area contributed by atoms with Gasteiger partial charge < -0.3 is 10.6 Å². The molecule has 0 radical (unpaired) electrons. The van der Waals surface area contributed by atoms with Gasteiger partial charge in [-0.05, 0) is 44.5 Å². The van der Waals surface area contributed by atoms with Crippen LogP contribution in [0.2, 0.25) is 10.2 Å². The fraction of sp³-hybridized carbons (Fsp3) is 0.200. The summed E-state index contributed by atoms with van der Waals surface area (Å²) in [5.74, 6) is -0.719. The maximum absolute atomic E-state index is 13.1. The fourth-order valence-corrected chi connectivity index (χ4v) is 3.15. The molecule has 2 aromatic rings. The molecule has 1 aromatic heterocycles. The fourth-order valence-electron chi connectivity index (χ4n) is 2.57. The summed E-state index contributed by atoms with van der Waals surface area (Å²) in [7, 11) is 1.49. The highest BCUT2D eigenvalue weighted by atomic mass is 35.5. The number of allylic oxidation sites excluding steroid dienone is 3. The smallest absolute Gasteiger partial charge is 0.274 e. The van der Waals surface area contributed by atoms with Crippen LogP contribution in [0.25, 0.3) is 5.82 Å². The van der Waals surface area contributed by atoms with Gasteiger partial charge in [0, 0.05) is 24.4 Å². The zero-order valence-corrected chi connectivity index (χ0v) is 19.0. The number of carbonyl (C=O) groups excluding carboxylic acids is 2. The Kier molecular flexibility index (Phi) is 8.23. The molecule has 0 aliphatic rings. The first-order chi connectivity index (χ1) is 14.2. The molecule has 0 saturated heterocycles. The summed E-state index contributed by atoms with van der Waals surface area (Å²) in [6.45, 7) is 5.19. The molecule has 10 heteroatoms. The number of hydrogen-bond acceptors (Lipinski definition) is 4. The number of halogens is 3. The Bertz CT molecular complexity index is 1070. The Morgan fingerprint density at radius 3 is 2.50 bits per heavy atom. The summed E-state index contributed by atoms with van der Waals surface area (Å²) in [6, 6.07) is 4.50. The number of aromatic nitrogens is 2. The van der Waals surface area contributed by atoms with Crippen LogP contribution in [-0.4, -0.2) is 34.9 Å². The average Bonchev–Trinajstić information content (AvgIpc) is 3.07. The molecule has 158 valence electrons. The van der Waals surface area contributed by atoms with Gasteiger partial charge in [0.25, 0.3) is 11.8 Å². The molecule has 7 nitrogen and oxygen atoms in total. The van der Waals surface area contributed by atoms with Crippen molar-refractivity contribution in [1.29, 1.82) is 0 Å². The molecule has 2 N–H and O–H groups in total. The predicted octanol–water partition coefficient (Wildman–Crippen LogP) is 5.14. The zero-order valence-electron chi connectivity index (χ0n) is 16.8. The minimum absolute atomic E-state index is 0.0798. The van der Waals surface area contributed by atoms with Crippen molar-refractivity contribution in [2.24, 2.45) is 4.99 Å². The molecular formula is C20H20Cl3N5O2. The van der Waals surface area contributed by atoms with E-state index in [1.807, 2.05) is 6.92 Å². The average molecular weight is 469 g/mol. The first-order valence-corrected chi connectivity index (χ1v) is 9.94. The third kappa shape index (κ3) is 5.50. The Labute approximate surface area is 189 Å². The first kappa shape index (κ1) is 23.7. The van der Waals surface area contributed by atoms with E-state index in [-0.39, 0.29) is 22.2 Å². The summed E-state index contributed by atoms with van der Waals surface area (Å²) in [4.78, 5) is 29.6. The van der Waals surface area contributed by atoms with Gasteiger partial charge in [-0.1, -0.05) is 40.9 Å². The van der Waals surface area contributed by atoms with Gasteiger partial charge in [0.15, 0.2) is 11.0 Å². The van der Waals surface area contributed by atoms with Crippen molar-refractivity contribution in [3.63, 3.8) is 0 Å². The van der Waals surface area contributed by atoms with Crippen LogP contribution in [0, 0.1) is 6.92 Å². The van der Waals surface area contributed by atoms with Gasteiger partial charge in [0.05, 0.1) is 16.3 Å². The molecule has 0 bridgehead atoms. The molecule has 0 aliphatic heterocycles. The number of hydrogen-bond donors (Lipinski definition) is 2. The standard InChI is InChI=1S/C20H20Cl3N5O2/c1-5-6-7-25-18(12(3)21)28-15(10-16(23)27-28)20(30)26-17-11(2)8-13(22)9-14(17)19(29)24-4/h5-10H,1-4H3,(H,24,29)(H,26,30)/b6-5-,18-12-,25-7-. The maximum Gasteiger partial charge on any atom is 0.274 e. The van der Waals surface area contributed by atoms with Crippen LogP contribution in [0.5, 0.6) is 0 Å². The van der Waals surface area contributed by atoms with E-state index in [2.05, 4.69) is 20.7 Å². The topological polar surface area (TPSA) is 88.4 Å². The van der Waals surface area contributed by atoms with Crippen molar-refractivity contribution in [2.75, 3.05) is 12.4 Å². The molecule has 0 aliphatic carbocycles. The molecule has 0 unspecified atom stereocenters. The summed E-state index contributed by atoms with van der Waals surface area (Å²) in [5.41, 5.74) is 1.24. The highest BCUT2D eigenvalue weighted by Crippen LogP contribution is 2.27. The zero-order chi connectivity index (χ0) is 22.4. The number of aryl methyl sites for hydroxylation is 1. The van der Waals surface area contributed by atoms with Crippen LogP contribution >= 0.6 is 34.8 Å². The largest absolute Gasteiger partial charge is 0.355 e. The number of amides is 2. The van der Waals surface area contributed by atoms with Crippen molar-refractivity contribution in [2.45, 2.75) is 20.8 Å². The lowest BCUT2D eigenvalue weighted by Gasteiger charge is -2.15. The number of benzene rings is 1. The summed E-state index contributed by atoms with van der Waals surface area (Å²) >= 11 is 18.3. The molecule has 30 heavy (non-hydrogen) atoms. The quantitative estimate of drug-likeness (QED) is 0.575. The first-order valence-electron chi connectivity index (χ1n) is 8.80. The van der Waals surface area contributed by atoms with E-state index in [4.69, 9.17) is 34.8 Å². The molecular weight excluding hydrogens is 449 g/mol. The number of aliphatic imine (C=N–C) groups is 1. The maximum atomic E-state index is 13.1. The van der Waals surface area contributed by atoms with Crippen LogP contribution in [0.4, 0.5) is 5.69 Å². The van der Waals surface area contributed by atoms with Crippen molar-refractivity contribution in [3.05, 3.63) is 62.4 Å². The molecule has 1 aromatic carbocycles. The molecule has 0 spiro atoms. The van der Waals surface area contributed by atoms with E-state index in [1.54, 1.807) is 32.1 Å². The van der Waals surface area contributed by atoms with Crippen LogP contribution in [-0.2, 0) is 0 Å². The normalized spacial score (nSPS) is 12.4. The Morgan fingerprint density at radius 1 is 1.20 bits per heavy atom. The lowest BCUT2D eigenvalue weighted by Crippen LogP contribution is -2.23. The molecule has 0 fully saturated rings. The SMILES string of the molecule is C\C=C/C=N\C(=C(/C)Cl)n1nc(Cl)cc1C(=O)Nc1c(C)cc(Cl)cc1C(=O)NC. The van der Waals surface area contributed by atoms with Gasteiger partial charge >= 0.3 is 0 Å². The lowest BCUT2D eigenvalue weighted by molar-refractivity contribution is 0.0964. The Balaban J connectivity index is 2.53. The molecule has 1 heterocycles. The minimum atomic E-state index is -0.554. The Hall–Kier alpha value is -2.61. The van der Waals surface area contributed by atoms with E-state index in [9.17, 15) is 9.59 Å². The molecule has 0 saturated carbocycles. The summed E-state index contributed by atoms with van der Waals surface area (Å²) < 4.78 is 1.24. The monoisotopic (exact) mass is 467 g/mol. The molecule has 2 amide bonds. The summed E-state index contributed by atoms with van der Waals surface area (Å²) in [5, 5.41) is 10.2. The van der Waals surface area contributed by atoms with E-state index in [1.165, 1.54) is 30.1 Å². The Morgan fingerprint density at radius 2 is 1.90 bits per heavy atom. The van der Waals surface area contributed by atoms with Crippen LogP contribution in [0.15, 0.2) is 40.4 Å². The van der Waals surface area contributed by atoms with Crippen LogP contribution < -0.4 is 10.6 Å². The third-order valence-corrected chi connectivity index (χ3v) is 4.48. The molecule has 2 rings (SSSR count). The lowest BCUT2D eigenvalue weighted by atomic mass is 10.1. The number of nitrogens with one attached hydrogen (secondary N) is 2. The third-order valence-electron chi connectivity index (χ3n) is 3.91. The number of carbonyl (C=O) groups is 2. The second-order valence-corrected chi connectivity index (χ2v) is 7.49.